The molecule has 16 heavy (non-hydrogen) atoms. The molecule has 0 saturated heterocycles. The molecule has 1 rings (SSSR count). The van der Waals surface area contributed by atoms with Gasteiger partial charge in [0.15, 0.2) is 0 Å². The van der Waals surface area contributed by atoms with Crippen molar-refractivity contribution in [2.45, 2.75) is 39.7 Å². The second-order valence-corrected chi connectivity index (χ2v) is 5.24. The van der Waals surface area contributed by atoms with Crippen LogP contribution in [0.4, 0.5) is 4.79 Å². The number of unbranched alkanes of at least 4 members (excludes halogenated alkanes) is 1. The van der Waals surface area contributed by atoms with Crippen LogP contribution in [-0.4, -0.2) is 12.6 Å². The van der Waals surface area contributed by atoms with E-state index in [4.69, 9.17) is 0 Å². The van der Waals surface area contributed by atoms with Crippen molar-refractivity contribution in [3.05, 3.63) is 21.9 Å². The van der Waals surface area contributed by atoms with Gasteiger partial charge in [-0.05, 0) is 32.4 Å². The van der Waals surface area contributed by atoms with Crippen molar-refractivity contribution < 1.29 is 4.79 Å². The van der Waals surface area contributed by atoms with Gasteiger partial charge in [0.25, 0.3) is 0 Å². The van der Waals surface area contributed by atoms with Crippen molar-refractivity contribution in [1.29, 1.82) is 0 Å². The van der Waals surface area contributed by atoms with Crippen molar-refractivity contribution in [1.82, 2.24) is 10.6 Å². The van der Waals surface area contributed by atoms with E-state index >= 15 is 0 Å². The summed E-state index contributed by atoms with van der Waals surface area (Å²) in [6.45, 7) is 6.93. The lowest BCUT2D eigenvalue weighted by Crippen LogP contribution is -2.37. The molecule has 2 amide bonds. The molecule has 1 atom stereocenters. The first-order valence-electron chi connectivity index (χ1n) is 5.74. The predicted octanol–water partition coefficient (Wildman–Crippen LogP) is 3.22. The molecule has 0 aromatic carbocycles. The minimum atomic E-state index is -0.0768. The van der Waals surface area contributed by atoms with Gasteiger partial charge in [0, 0.05) is 16.3 Å². The van der Waals surface area contributed by atoms with Gasteiger partial charge in [-0.2, -0.15) is 0 Å². The SMILES string of the molecule is CCCCNC(=O)NC(C)c1ccc(C)s1. The highest BCUT2D eigenvalue weighted by Crippen LogP contribution is 2.21. The number of aryl methyl sites for hydroxylation is 1. The van der Waals surface area contributed by atoms with Crippen LogP contribution in [0.2, 0.25) is 0 Å². The average Bonchev–Trinajstić information content (AvgIpc) is 2.65. The molecule has 1 unspecified atom stereocenters. The van der Waals surface area contributed by atoms with E-state index in [-0.39, 0.29) is 12.1 Å². The van der Waals surface area contributed by atoms with Gasteiger partial charge in [0.2, 0.25) is 0 Å². The third-order valence-electron chi connectivity index (χ3n) is 2.35. The number of rotatable bonds is 5. The van der Waals surface area contributed by atoms with E-state index in [0.29, 0.717) is 0 Å². The normalized spacial score (nSPS) is 12.2. The van der Waals surface area contributed by atoms with Crippen LogP contribution in [-0.2, 0) is 0 Å². The van der Waals surface area contributed by atoms with E-state index in [0.717, 1.165) is 19.4 Å². The van der Waals surface area contributed by atoms with Crippen molar-refractivity contribution in [3.63, 3.8) is 0 Å². The van der Waals surface area contributed by atoms with Crippen LogP contribution in [0.3, 0.4) is 0 Å². The van der Waals surface area contributed by atoms with Crippen LogP contribution in [0.25, 0.3) is 0 Å². The van der Waals surface area contributed by atoms with Crippen LogP contribution in [0.1, 0.15) is 42.5 Å². The highest BCUT2D eigenvalue weighted by atomic mass is 32.1. The third-order valence-corrected chi connectivity index (χ3v) is 3.53. The minimum Gasteiger partial charge on any atom is -0.338 e. The molecular weight excluding hydrogens is 220 g/mol. The van der Waals surface area contributed by atoms with Gasteiger partial charge in [-0.25, -0.2) is 4.79 Å². The Bertz CT molecular complexity index is 336. The topological polar surface area (TPSA) is 41.1 Å². The van der Waals surface area contributed by atoms with E-state index in [1.54, 1.807) is 11.3 Å². The Morgan fingerprint density at radius 3 is 2.81 bits per heavy atom. The molecular formula is C12H20N2OS. The maximum absolute atomic E-state index is 11.5. The Hall–Kier alpha value is -1.03. The van der Waals surface area contributed by atoms with E-state index < -0.39 is 0 Å². The van der Waals surface area contributed by atoms with Crippen molar-refractivity contribution >= 4 is 17.4 Å². The molecule has 0 aliphatic carbocycles. The molecule has 2 N–H and O–H groups in total. The summed E-state index contributed by atoms with van der Waals surface area (Å²) >= 11 is 1.72. The van der Waals surface area contributed by atoms with Crippen molar-refractivity contribution in [2.75, 3.05) is 6.54 Å². The number of carbonyl (C=O) groups excluding carboxylic acids is 1. The molecule has 90 valence electrons. The summed E-state index contributed by atoms with van der Waals surface area (Å²) in [5.74, 6) is 0. The number of carbonyl (C=O) groups is 1. The lowest BCUT2D eigenvalue weighted by molar-refractivity contribution is 0.238. The molecule has 1 heterocycles. The lowest BCUT2D eigenvalue weighted by atomic mass is 10.3. The Morgan fingerprint density at radius 2 is 2.25 bits per heavy atom. The number of urea groups is 1. The number of thiophene rings is 1. The molecule has 4 heteroatoms. The maximum atomic E-state index is 11.5. The second kappa shape index (κ2) is 6.53. The zero-order valence-electron chi connectivity index (χ0n) is 10.2. The first kappa shape index (κ1) is 13.0. The van der Waals surface area contributed by atoms with Gasteiger partial charge in [0.05, 0.1) is 6.04 Å². The van der Waals surface area contributed by atoms with Crippen molar-refractivity contribution in [2.24, 2.45) is 0 Å². The Morgan fingerprint density at radius 1 is 1.50 bits per heavy atom. The summed E-state index contributed by atoms with van der Waals surface area (Å²) in [6, 6.07) is 4.15. The fraction of sp³-hybridized carbons (Fsp3) is 0.583. The fourth-order valence-corrected chi connectivity index (χ4v) is 2.26. The van der Waals surface area contributed by atoms with E-state index in [1.165, 1.54) is 9.75 Å². The average molecular weight is 240 g/mol. The van der Waals surface area contributed by atoms with Gasteiger partial charge >= 0.3 is 6.03 Å². The highest BCUT2D eigenvalue weighted by Gasteiger charge is 2.10. The number of hydrogen-bond acceptors (Lipinski definition) is 2. The largest absolute Gasteiger partial charge is 0.338 e. The van der Waals surface area contributed by atoms with Gasteiger partial charge in [0.1, 0.15) is 0 Å². The first-order valence-corrected chi connectivity index (χ1v) is 6.55. The monoisotopic (exact) mass is 240 g/mol. The van der Waals surface area contributed by atoms with E-state index in [9.17, 15) is 4.79 Å². The quantitative estimate of drug-likeness (QED) is 0.762. The standard InChI is InChI=1S/C12H20N2OS/c1-4-5-8-13-12(15)14-10(3)11-7-6-9(2)16-11/h6-7,10H,4-5,8H2,1-3H3,(H2,13,14,15). The fourth-order valence-electron chi connectivity index (χ4n) is 1.38. The van der Waals surface area contributed by atoms with Gasteiger partial charge in [-0.3, -0.25) is 0 Å². The number of amides is 2. The molecule has 0 aliphatic heterocycles. The number of hydrogen-bond donors (Lipinski definition) is 2. The van der Waals surface area contributed by atoms with Crippen LogP contribution >= 0.6 is 11.3 Å². The summed E-state index contributed by atoms with van der Waals surface area (Å²) in [4.78, 5) is 14.0. The maximum Gasteiger partial charge on any atom is 0.315 e. The summed E-state index contributed by atoms with van der Waals surface area (Å²) in [5.41, 5.74) is 0. The molecule has 1 aromatic heterocycles. The lowest BCUT2D eigenvalue weighted by Gasteiger charge is -2.12. The Kier molecular flexibility index (Phi) is 5.32. The van der Waals surface area contributed by atoms with E-state index in [1.807, 2.05) is 6.92 Å². The van der Waals surface area contributed by atoms with Crippen LogP contribution in [0.5, 0.6) is 0 Å². The molecule has 0 spiro atoms. The summed E-state index contributed by atoms with van der Waals surface area (Å²) in [5, 5.41) is 5.77. The van der Waals surface area contributed by atoms with Crippen LogP contribution in [0.15, 0.2) is 12.1 Å². The summed E-state index contributed by atoms with van der Waals surface area (Å²) < 4.78 is 0. The van der Waals surface area contributed by atoms with Crippen molar-refractivity contribution in [3.8, 4) is 0 Å². The molecule has 0 radical (unpaired) electrons. The van der Waals surface area contributed by atoms with Gasteiger partial charge in [-0.1, -0.05) is 13.3 Å². The minimum absolute atomic E-state index is 0.0768. The zero-order valence-corrected chi connectivity index (χ0v) is 11.0. The summed E-state index contributed by atoms with van der Waals surface area (Å²) in [6.07, 6.45) is 2.12. The highest BCUT2D eigenvalue weighted by molar-refractivity contribution is 7.12. The molecule has 3 nitrogen and oxygen atoms in total. The second-order valence-electron chi connectivity index (χ2n) is 3.92. The molecule has 0 saturated carbocycles. The van der Waals surface area contributed by atoms with Crippen LogP contribution < -0.4 is 10.6 Å². The third kappa shape index (κ3) is 4.23. The smallest absolute Gasteiger partial charge is 0.315 e. The van der Waals surface area contributed by atoms with Crippen LogP contribution in [0, 0.1) is 6.92 Å². The molecule has 0 aliphatic rings. The first-order chi connectivity index (χ1) is 7.63. The Labute approximate surface area is 101 Å². The van der Waals surface area contributed by atoms with Gasteiger partial charge in [-0.15, -0.1) is 11.3 Å². The molecule has 0 bridgehead atoms. The van der Waals surface area contributed by atoms with Gasteiger partial charge < -0.3 is 10.6 Å². The number of nitrogens with one attached hydrogen (secondary N) is 2. The predicted molar refractivity (Wildman–Crippen MR) is 68.9 cm³/mol. The zero-order chi connectivity index (χ0) is 12.0. The Balaban J connectivity index is 2.33. The summed E-state index contributed by atoms with van der Waals surface area (Å²) in [7, 11) is 0. The van der Waals surface area contributed by atoms with E-state index in [2.05, 4.69) is 36.6 Å². The molecule has 1 aromatic rings. The molecule has 0 fully saturated rings.